The Kier molecular flexibility index (Phi) is 6.05. The van der Waals surface area contributed by atoms with Gasteiger partial charge < -0.3 is 10.2 Å². The van der Waals surface area contributed by atoms with Crippen molar-refractivity contribution in [3.8, 4) is 0 Å². The topological polar surface area (TPSA) is 32.3 Å². The smallest absolute Gasteiger partial charge is 0.226 e. The number of carbonyl (C=O) groups is 1. The monoisotopic (exact) mass is 338 g/mol. The Balaban J connectivity index is 1.89. The average molecular weight is 339 g/mol. The third-order valence-corrected chi connectivity index (χ3v) is 4.41. The molecule has 1 aliphatic heterocycles. The summed E-state index contributed by atoms with van der Waals surface area (Å²) < 4.78 is 1.05. The molecule has 1 heterocycles. The molecule has 2 rings (SSSR count). The largest absolute Gasteiger partial charge is 0.342 e. The van der Waals surface area contributed by atoms with Gasteiger partial charge in [-0.3, -0.25) is 4.79 Å². The molecule has 0 aromatic heterocycles. The van der Waals surface area contributed by atoms with E-state index in [1.165, 1.54) is 12.8 Å². The van der Waals surface area contributed by atoms with Crippen LogP contribution in [0.3, 0.4) is 0 Å². The van der Waals surface area contributed by atoms with Gasteiger partial charge in [0.1, 0.15) is 0 Å². The van der Waals surface area contributed by atoms with E-state index >= 15 is 0 Å². The van der Waals surface area contributed by atoms with Gasteiger partial charge in [0, 0.05) is 17.6 Å². The number of hydrogen-bond donors (Lipinski definition) is 1. The van der Waals surface area contributed by atoms with E-state index in [1.54, 1.807) is 0 Å². The summed E-state index contributed by atoms with van der Waals surface area (Å²) >= 11 is 3.42. The first kappa shape index (κ1) is 15.5. The number of nitrogens with zero attached hydrogens (tertiary/aromatic N) is 1. The zero-order valence-corrected chi connectivity index (χ0v) is 13.7. The maximum atomic E-state index is 12.4. The van der Waals surface area contributed by atoms with E-state index in [0.717, 1.165) is 36.2 Å². The third-order valence-electron chi connectivity index (χ3n) is 3.88. The fourth-order valence-corrected chi connectivity index (χ4v) is 2.95. The summed E-state index contributed by atoms with van der Waals surface area (Å²) in [4.78, 5) is 14.4. The zero-order chi connectivity index (χ0) is 14.4. The molecule has 20 heavy (non-hydrogen) atoms. The van der Waals surface area contributed by atoms with Crippen LogP contribution in [0.25, 0.3) is 0 Å². The summed E-state index contributed by atoms with van der Waals surface area (Å²) in [5, 5.41) is 3.42. The average Bonchev–Trinajstić information content (AvgIpc) is 2.48. The SMILES string of the molecule is CCN(CC1CCCNC1)C(=O)Cc1ccc(Br)cc1. The summed E-state index contributed by atoms with van der Waals surface area (Å²) in [5.41, 5.74) is 1.08. The molecule has 0 spiro atoms. The van der Waals surface area contributed by atoms with Crippen molar-refractivity contribution in [2.24, 2.45) is 5.92 Å². The molecule has 1 fully saturated rings. The minimum Gasteiger partial charge on any atom is -0.342 e. The quantitative estimate of drug-likeness (QED) is 0.895. The van der Waals surface area contributed by atoms with Crippen molar-refractivity contribution < 1.29 is 4.79 Å². The second-order valence-corrected chi connectivity index (χ2v) is 6.36. The molecule has 1 saturated heterocycles. The maximum Gasteiger partial charge on any atom is 0.226 e. The zero-order valence-electron chi connectivity index (χ0n) is 12.1. The van der Waals surface area contributed by atoms with Gasteiger partial charge >= 0.3 is 0 Å². The van der Waals surface area contributed by atoms with E-state index in [2.05, 4.69) is 28.2 Å². The van der Waals surface area contributed by atoms with E-state index in [1.807, 2.05) is 29.2 Å². The number of halogens is 1. The van der Waals surface area contributed by atoms with Crippen LogP contribution in [0.15, 0.2) is 28.7 Å². The molecular formula is C16H23BrN2O. The second-order valence-electron chi connectivity index (χ2n) is 5.45. The predicted octanol–water partition coefficient (Wildman–Crippen LogP) is 2.84. The first-order valence-electron chi connectivity index (χ1n) is 7.42. The van der Waals surface area contributed by atoms with Gasteiger partial charge in [-0.15, -0.1) is 0 Å². The Morgan fingerprint density at radius 3 is 2.75 bits per heavy atom. The number of likely N-dealkylation sites (N-methyl/N-ethyl adjacent to an activating group) is 1. The predicted molar refractivity (Wildman–Crippen MR) is 85.7 cm³/mol. The van der Waals surface area contributed by atoms with Gasteiger partial charge in [0.05, 0.1) is 6.42 Å². The number of rotatable bonds is 5. The first-order chi connectivity index (χ1) is 9.69. The molecule has 3 nitrogen and oxygen atoms in total. The molecule has 0 radical (unpaired) electrons. The number of piperidine rings is 1. The number of hydrogen-bond acceptors (Lipinski definition) is 2. The van der Waals surface area contributed by atoms with Gasteiger partial charge in [-0.2, -0.15) is 0 Å². The minimum atomic E-state index is 0.236. The van der Waals surface area contributed by atoms with Gasteiger partial charge in [0.15, 0.2) is 0 Å². The van der Waals surface area contributed by atoms with Crippen LogP contribution in [0.2, 0.25) is 0 Å². The van der Waals surface area contributed by atoms with Gasteiger partial charge in [-0.05, 0) is 56.5 Å². The van der Waals surface area contributed by atoms with E-state index in [0.29, 0.717) is 12.3 Å². The summed E-state index contributed by atoms with van der Waals surface area (Å²) in [6.07, 6.45) is 2.96. The van der Waals surface area contributed by atoms with Crippen molar-refractivity contribution in [2.45, 2.75) is 26.2 Å². The van der Waals surface area contributed by atoms with E-state index in [-0.39, 0.29) is 5.91 Å². The Bertz CT molecular complexity index is 427. The summed E-state index contributed by atoms with van der Waals surface area (Å²) in [6.45, 7) is 5.91. The van der Waals surface area contributed by atoms with Crippen LogP contribution in [0.5, 0.6) is 0 Å². The highest BCUT2D eigenvalue weighted by molar-refractivity contribution is 9.10. The van der Waals surface area contributed by atoms with E-state index in [9.17, 15) is 4.79 Å². The summed E-state index contributed by atoms with van der Waals surface area (Å²) in [5.74, 6) is 0.845. The number of benzene rings is 1. The molecule has 110 valence electrons. The molecule has 0 aliphatic carbocycles. The molecule has 0 saturated carbocycles. The molecule has 4 heteroatoms. The number of carbonyl (C=O) groups excluding carboxylic acids is 1. The van der Waals surface area contributed by atoms with Crippen LogP contribution in [0.1, 0.15) is 25.3 Å². The van der Waals surface area contributed by atoms with Gasteiger partial charge in [0.25, 0.3) is 0 Å². The lowest BCUT2D eigenvalue weighted by Crippen LogP contribution is -2.41. The van der Waals surface area contributed by atoms with E-state index in [4.69, 9.17) is 0 Å². The van der Waals surface area contributed by atoms with Crippen LogP contribution in [-0.4, -0.2) is 37.0 Å². The molecule has 0 bridgehead atoms. The molecule has 1 amide bonds. The lowest BCUT2D eigenvalue weighted by molar-refractivity contribution is -0.131. The van der Waals surface area contributed by atoms with Crippen molar-refractivity contribution in [3.63, 3.8) is 0 Å². The van der Waals surface area contributed by atoms with Crippen molar-refractivity contribution in [1.29, 1.82) is 0 Å². The molecular weight excluding hydrogens is 316 g/mol. The van der Waals surface area contributed by atoms with Gasteiger partial charge in [0.2, 0.25) is 5.91 Å². The molecule has 1 aromatic carbocycles. The standard InChI is InChI=1S/C16H23BrN2O/c1-2-19(12-14-4-3-9-18-11-14)16(20)10-13-5-7-15(17)8-6-13/h5-8,14,18H,2-4,9-12H2,1H3. The van der Waals surface area contributed by atoms with Crippen LogP contribution < -0.4 is 5.32 Å². The Labute approximate surface area is 129 Å². The fraction of sp³-hybridized carbons (Fsp3) is 0.562. The molecule has 1 atom stereocenters. The molecule has 1 aliphatic rings. The normalized spacial score (nSPS) is 18.8. The second kappa shape index (κ2) is 7.79. The van der Waals surface area contributed by atoms with Crippen molar-refractivity contribution in [3.05, 3.63) is 34.3 Å². The lowest BCUT2D eigenvalue weighted by atomic mass is 9.99. The van der Waals surface area contributed by atoms with Crippen LogP contribution >= 0.6 is 15.9 Å². The van der Waals surface area contributed by atoms with Crippen molar-refractivity contribution in [2.75, 3.05) is 26.2 Å². The lowest BCUT2D eigenvalue weighted by Gasteiger charge is -2.29. The maximum absolute atomic E-state index is 12.4. The number of amides is 1. The molecule has 1 aromatic rings. The Morgan fingerprint density at radius 2 is 2.15 bits per heavy atom. The van der Waals surface area contributed by atoms with Crippen molar-refractivity contribution >= 4 is 21.8 Å². The van der Waals surface area contributed by atoms with Crippen LogP contribution in [0, 0.1) is 5.92 Å². The summed E-state index contributed by atoms with van der Waals surface area (Å²) in [6, 6.07) is 8.00. The van der Waals surface area contributed by atoms with Crippen molar-refractivity contribution in [1.82, 2.24) is 10.2 Å². The summed E-state index contributed by atoms with van der Waals surface area (Å²) in [7, 11) is 0. The Hall–Kier alpha value is -0.870. The van der Waals surface area contributed by atoms with Crippen LogP contribution in [0.4, 0.5) is 0 Å². The van der Waals surface area contributed by atoms with Crippen LogP contribution in [-0.2, 0) is 11.2 Å². The highest BCUT2D eigenvalue weighted by atomic mass is 79.9. The number of nitrogens with one attached hydrogen (secondary N) is 1. The van der Waals surface area contributed by atoms with E-state index < -0.39 is 0 Å². The molecule has 1 unspecified atom stereocenters. The first-order valence-corrected chi connectivity index (χ1v) is 8.21. The Morgan fingerprint density at radius 1 is 1.40 bits per heavy atom. The fourth-order valence-electron chi connectivity index (χ4n) is 2.69. The minimum absolute atomic E-state index is 0.236. The molecule has 1 N–H and O–H groups in total. The highest BCUT2D eigenvalue weighted by Crippen LogP contribution is 2.14. The van der Waals surface area contributed by atoms with Gasteiger partial charge in [-0.1, -0.05) is 28.1 Å². The van der Waals surface area contributed by atoms with Gasteiger partial charge in [-0.25, -0.2) is 0 Å². The highest BCUT2D eigenvalue weighted by Gasteiger charge is 2.19. The third kappa shape index (κ3) is 4.60.